The molecule has 0 bridgehead atoms. The summed E-state index contributed by atoms with van der Waals surface area (Å²) in [7, 11) is 0. The largest absolute Gasteiger partial charge is 0.462 e. The summed E-state index contributed by atoms with van der Waals surface area (Å²) >= 11 is 2.79. The third kappa shape index (κ3) is 5.27. The van der Waals surface area contributed by atoms with E-state index < -0.39 is 24.5 Å². The smallest absolute Gasteiger partial charge is 0.341 e. The Labute approximate surface area is 199 Å². The van der Waals surface area contributed by atoms with Crippen LogP contribution in [0.2, 0.25) is 0 Å². The van der Waals surface area contributed by atoms with Crippen LogP contribution in [-0.4, -0.2) is 55.0 Å². The minimum Gasteiger partial charge on any atom is -0.462 e. The monoisotopic (exact) mass is 490 g/mol. The number of nitrogens with zero attached hydrogens (tertiary/aromatic N) is 1. The van der Waals surface area contributed by atoms with Crippen LogP contribution in [0.5, 0.6) is 0 Å². The summed E-state index contributed by atoms with van der Waals surface area (Å²) in [6.07, 6.45) is 3.66. The first kappa shape index (κ1) is 23.4. The van der Waals surface area contributed by atoms with E-state index in [9.17, 15) is 19.2 Å². The summed E-state index contributed by atoms with van der Waals surface area (Å²) in [5, 5.41) is 5.05. The highest BCUT2D eigenvalue weighted by atomic mass is 32.1. The van der Waals surface area contributed by atoms with E-state index in [-0.39, 0.29) is 18.4 Å². The number of nitrogens with one attached hydrogen (secondary N) is 1. The predicted octanol–water partition coefficient (Wildman–Crippen LogP) is 3.51. The number of amides is 2. The molecule has 3 heterocycles. The van der Waals surface area contributed by atoms with Crippen molar-refractivity contribution in [2.45, 2.75) is 39.0 Å². The highest BCUT2D eigenvalue weighted by molar-refractivity contribution is 7.17. The third-order valence-electron chi connectivity index (χ3n) is 5.85. The molecular formula is C23H26N2O6S2. The summed E-state index contributed by atoms with van der Waals surface area (Å²) < 4.78 is 10.4. The average Bonchev–Trinajstić information content (AvgIpc) is 3.55. The highest BCUT2D eigenvalue weighted by Crippen LogP contribution is 2.39. The highest BCUT2D eigenvalue weighted by Gasteiger charge is 2.31. The zero-order valence-corrected chi connectivity index (χ0v) is 20.0. The molecule has 1 N–H and O–H groups in total. The molecule has 0 saturated carbocycles. The molecule has 0 spiro atoms. The number of carbonyl (C=O) groups is 4. The second-order valence-electron chi connectivity index (χ2n) is 7.98. The van der Waals surface area contributed by atoms with Crippen LogP contribution in [0.4, 0.5) is 5.00 Å². The van der Waals surface area contributed by atoms with Gasteiger partial charge in [-0.05, 0) is 56.0 Å². The predicted molar refractivity (Wildman–Crippen MR) is 125 cm³/mol. The molecule has 1 aliphatic heterocycles. The second-order valence-corrected chi connectivity index (χ2v) is 10.0. The lowest BCUT2D eigenvalue weighted by Crippen LogP contribution is -2.40. The minimum absolute atomic E-state index is 0.0172. The maximum atomic E-state index is 12.5. The molecule has 0 atom stereocenters. The Balaban J connectivity index is 1.27. The zero-order valence-electron chi connectivity index (χ0n) is 18.4. The summed E-state index contributed by atoms with van der Waals surface area (Å²) in [6, 6.07) is 3.63. The summed E-state index contributed by atoms with van der Waals surface area (Å²) in [6.45, 7) is 2.54. The maximum absolute atomic E-state index is 12.5. The van der Waals surface area contributed by atoms with Gasteiger partial charge in [0.05, 0.1) is 23.0 Å². The van der Waals surface area contributed by atoms with Gasteiger partial charge in [0.25, 0.3) is 11.8 Å². The third-order valence-corrected chi connectivity index (χ3v) is 7.91. The molecule has 2 aliphatic rings. The van der Waals surface area contributed by atoms with Crippen molar-refractivity contribution in [3.05, 3.63) is 38.4 Å². The quantitative estimate of drug-likeness (QED) is 0.596. The number of carbonyl (C=O) groups excluding carboxylic acids is 4. The van der Waals surface area contributed by atoms with Gasteiger partial charge in [0.15, 0.2) is 6.61 Å². The number of hydrogen-bond donors (Lipinski definition) is 1. The van der Waals surface area contributed by atoms with Crippen molar-refractivity contribution < 1.29 is 28.7 Å². The van der Waals surface area contributed by atoms with Gasteiger partial charge in [-0.1, -0.05) is 6.07 Å². The molecule has 1 aliphatic carbocycles. The molecule has 2 aromatic rings. The number of rotatable bonds is 7. The van der Waals surface area contributed by atoms with Gasteiger partial charge in [0.2, 0.25) is 0 Å². The maximum Gasteiger partial charge on any atom is 0.341 e. The van der Waals surface area contributed by atoms with Gasteiger partial charge in [0.1, 0.15) is 5.00 Å². The fourth-order valence-electron chi connectivity index (χ4n) is 4.20. The number of likely N-dealkylation sites (tertiary alicyclic amines) is 1. The summed E-state index contributed by atoms with van der Waals surface area (Å²) in [4.78, 5) is 53.3. The molecule has 1 saturated heterocycles. The number of esters is 2. The number of hydrogen-bond acceptors (Lipinski definition) is 8. The number of anilines is 1. The van der Waals surface area contributed by atoms with Crippen molar-refractivity contribution in [2.75, 3.05) is 31.6 Å². The molecule has 8 nitrogen and oxygen atoms in total. The van der Waals surface area contributed by atoms with Crippen molar-refractivity contribution in [1.82, 2.24) is 4.90 Å². The first-order valence-corrected chi connectivity index (χ1v) is 12.8. The molecule has 176 valence electrons. The molecule has 4 rings (SSSR count). The Hall–Kier alpha value is -2.72. The number of ether oxygens (including phenoxy) is 2. The van der Waals surface area contributed by atoms with Crippen LogP contribution >= 0.6 is 22.7 Å². The minimum atomic E-state index is -0.487. The Morgan fingerprint density at radius 1 is 1.15 bits per heavy atom. The van der Waals surface area contributed by atoms with E-state index >= 15 is 0 Å². The van der Waals surface area contributed by atoms with Crippen molar-refractivity contribution in [1.29, 1.82) is 0 Å². The molecule has 10 heteroatoms. The van der Waals surface area contributed by atoms with E-state index in [0.29, 0.717) is 41.4 Å². The van der Waals surface area contributed by atoms with E-state index in [1.165, 1.54) is 22.7 Å². The summed E-state index contributed by atoms with van der Waals surface area (Å²) in [5.74, 6) is -1.72. The van der Waals surface area contributed by atoms with Crippen LogP contribution in [0.25, 0.3) is 0 Å². The van der Waals surface area contributed by atoms with Crippen molar-refractivity contribution in [3.8, 4) is 0 Å². The Morgan fingerprint density at radius 2 is 1.94 bits per heavy atom. The van der Waals surface area contributed by atoms with E-state index in [0.717, 1.165) is 29.7 Å². The molecule has 33 heavy (non-hydrogen) atoms. The molecule has 0 aromatic carbocycles. The molecule has 1 fully saturated rings. The zero-order chi connectivity index (χ0) is 23.4. The first-order valence-electron chi connectivity index (χ1n) is 11.1. The van der Waals surface area contributed by atoms with E-state index in [1.54, 1.807) is 17.9 Å². The van der Waals surface area contributed by atoms with Gasteiger partial charge in [0, 0.05) is 18.0 Å². The average molecular weight is 491 g/mol. The molecular weight excluding hydrogens is 464 g/mol. The lowest BCUT2D eigenvalue weighted by molar-refractivity contribution is -0.152. The normalized spacial score (nSPS) is 15.7. The van der Waals surface area contributed by atoms with Crippen LogP contribution < -0.4 is 5.32 Å². The van der Waals surface area contributed by atoms with E-state index in [4.69, 9.17) is 9.47 Å². The van der Waals surface area contributed by atoms with Crippen molar-refractivity contribution in [3.63, 3.8) is 0 Å². The number of thiophene rings is 2. The van der Waals surface area contributed by atoms with Crippen LogP contribution in [0, 0.1) is 5.92 Å². The standard InChI is InChI=1S/C23H26N2O6S2/c1-2-30-23(29)19-15-5-3-6-16(15)33-20(19)24-18(26)13-31-22(28)14-8-10-25(11-9-14)21(27)17-7-4-12-32-17/h4,7,12,14H,2-3,5-6,8-11,13H2,1H3,(H,24,26). The molecule has 0 unspecified atom stereocenters. The summed E-state index contributed by atoms with van der Waals surface area (Å²) in [5.41, 5.74) is 1.38. The Kier molecular flexibility index (Phi) is 7.44. The van der Waals surface area contributed by atoms with E-state index in [2.05, 4.69) is 5.32 Å². The van der Waals surface area contributed by atoms with Gasteiger partial charge < -0.3 is 19.7 Å². The first-order chi connectivity index (χ1) is 16.0. The van der Waals surface area contributed by atoms with Crippen molar-refractivity contribution >= 4 is 51.4 Å². The van der Waals surface area contributed by atoms with Gasteiger partial charge >= 0.3 is 11.9 Å². The molecule has 2 amide bonds. The van der Waals surface area contributed by atoms with Crippen molar-refractivity contribution in [2.24, 2.45) is 5.92 Å². The van der Waals surface area contributed by atoms with Crippen LogP contribution in [0.15, 0.2) is 17.5 Å². The molecule has 0 radical (unpaired) electrons. The van der Waals surface area contributed by atoms with Crippen LogP contribution in [0.3, 0.4) is 0 Å². The van der Waals surface area contributed by atoms with Crippen LogP contribution in [-0.2, 0) is 31.9 Å². The lowest BCUT2D eigenvalue weighted by atomic mass is 9.97. The van der Waals surface area contributed by atoms with E-state index in [1.807, 2.05) is 11.4 Å². The van der Waals surface area contributed by atoms with Gasteiger partial charge in [-0.3, -0.25) is 14.4 Å². The number of fused-ring (bicyclic) bond motifs is 1. The number of aryl methyl sites for hydroxylation is 1. The lowest BCUT2D eigenvalue weighted by Gasteiger charge is -2.30. The Morgan fingerprint density at radius 3 is 2.64 bits per heavy atom. The number of piperidine rings is 1. The molecule has 2 aromatic heterocycles. The van der Waals surface area contributed by atoms with Gasteiger partial charge in [-0.2, -0.15) is 0 Å². The fourth-order valence-corrected chi connectivity index (χ4v) is 6.19. The fraction of sp³-hybridized carbons (Fsp3) is 0.478. The van der Waals surface area contributed by atoms with Crippen LogP contribution in [0.1, 0.15) is 56.7 Å². The van der Waals surface area contributed by atoms with Gasteiger partial charge in [-0.15, -0.1) is 22.7 Å². The van der Waals surface area contributed by atoms with Gasteiger partial charge in [-0.25, -0.2) is 4.79 Å². The topological polar surface area (TPSA) is 102 Å². The Bertz CT molecular complexity index is 1040. The second kappa shape index (κ2) is 10.5. The SMILES string of the molecule is CCOC(=O)c1c(NC(=O)COC(=O)C2CCN(C(=O)c3cccs3)CC2)sc2c1CCC2.